The van der Waals surface area contributed by atoms with Gasteiger partial charge in [0.1, 0.15) is 5.00 Å². The van der Waals surface area contributed by atoms with E-state index in [0.29, 0.717) is 22.8 Å². The average molecular weight is 373 g/mol. The van der Waals surface area contributed by atoms with E-state index in [1.807, 2.05) is 20.8 Å². The van der Waals surface area contributed by atoms with Crippen LogP contribution >= 0.6 is 11.3 Å². The van der Waals surface area contributed by atoms with Gasteiger partial charge in [-0.1, -0.05) is 6.92 Å². The fourth-order valence-corrected chi connectivity index (χ4v) is 3.80. The highest BCUT2D eigenvalue weighted by Gasteiger charge is 2.25. The average Bonchev–Trinajstić information content (AvgIpc) is 3.17. The number of thiophene rings is 1. The van der Waals surface area contributed by atoms with Crippen molar-refractivity contribution in [3.05, 3.63) is 39.8 Å². The molecule has 26 heavy (non-hydrogen) atoms. The molecule has 0 aliphatic rings. The number of aromatic nitrogens is 4. The molecule has 0 saturated heterocycles. The second-order valence-corrected chi connectivity index (χ2v) is 6.83. The molecule has 0 aliphatic carbocycles. The molecular weight excluding hydrogens is 354 g/mol. The predicted octanol–water partition coefficient (Wildman–Crippen LogP) is 2.79. The van der Waals surface area contributed by atoms with Gasteiger partial charge in [0, 0.05) is 16.8 Å². The summed E-state index contributed by atoms with van der Waals surface area (Å²) < 4.78 is 6.64. The van der Waals surface area contributed by atoms with Crippen LogP contribution in [0, 0.1) is 13.8 Å². The number of aryl methyl sites for hydroxylation is 2. The zero-order valence-corrected chi connectivity index (χ0v) is 15.8. The summed E-state index contributed by atoms with van der Waals surface area (Å²) in [4.78, 5) is 34.2. The lowest BCUT2D eigenvalue weighted by Crippen LogP contribution is -2.16. The molecule has 0 unspecified atom stereocenters. The zero-order chi connectivity index (χ0) is 18.8. The third kappa shape index (κ3) is 3.17. The normalized spacial score (nSPS) is 10.9. The van der Waals surface area contributed by atoms with Gasteiger partial charge >= 0.3 is 5.97 Å². The predicted molar refractivity (Wildman–Crippen MR) is 97.9 cm³/mol. The number of nitrogens with one attached hydrogen (secondary N) is 1. The van der Waals surface area contributed by atoms with Crippen LogP contribution in [-0.4, -0.2) is 38.1 Å². The number of hydrogen-bond acceptors (Lipinski definition) is 7. The number of esters is 1. The smallest absolute Gasteiger partial charge is 0.341 e. The third-order valence-corrected chi connectivity index (χ3v) is 4.97. The Morgan fingerprint density at radius 1 is 1.31 bits per heavy atom. The van der Waals surface area contributed by atoms with E-state index in [-0.39, 0.29) is 12.4 Å². The SMILES string of the molecule is CCOC(=O)c1c(NC(=O)c2nc3nccc(C)n3n2)sc(C)c1CC. The summed E-state index contributed by atoms with van der Waals surface area (Å²) >= 11 is 1.34. The number of anilines is 1. The minimum Gasteiger partial charge on any atom is -0.462 e. The lowest BCUT2D eigenvalue weighted by molar-refractivity contribution is 0.0527. The molecule has 0 saturated carbocycles. The van der Waals surface area contributed by atoms with Crippen molar-refractivity contribution in [2.45, 2.75) is 34.1 Å². The number of nitrogens with zero attached hydrogens (tertiary/aromatic N) is 4. The molecule has 8 nitrogen and oxygen atoms in total. The summed E-state index contributed by atoms with van der Waals surface area (Å²) in [6.07, 6.45) is 2.28. The maximum absolute atomic E-state index is 12.6. The number of carbonyl (C=O) groups is 2. The second kappa shape index (κ2) is 7.20. The van der Waals surface area contributed by atoms with E-state index in [2.05, 4.69) is 20.4 Å². The Hall–Kier alpha value is -2.81. The van der Waals surface area contributed by atoms with Gasteiger partial charge in [-0.2, -0.15) is 4.98 Å². The quantitative estimate of drug-likeness (QED) is 0.691. The molecule has 0 bridgehead atoms. The van der Waals surface area contributed by atoms with Crippen molar-refractivity contribution in [2.24, 2.45) is 0 Å². The van der Waals surface area contributed by atoms with Crippen LogP contribution in [0.5, 0.6) is 0 Å². The largest absolute Gasteiger partial charge is 0.462 e. The molecule has 136 valence electrons. The van der Waals surface area contributed by atoms with Gasteiger partial charge in [-0.3, -0.25) is 4.79 Å². The Morgan fingerprint density at radius 2 is 2.08 bits per heavy atom. The number of carbonyl (C=O) groups excluding carboxylic acids is 2. The topological polar surface area (TPSA) is 98.5 Å². The van der Waals surface area contributed by atoms with Crippen LogP contribution in [-0.2, 0) is 11.2 Å². The van der Waals surface area contributed by atoms with E-state index < -0.39 is 11.9 Å². The van der Waals surface area contributed by atoms with Gasteiger partial charge in [0.2, 0.25) is 5.82 Å². The minimum absolute atomic E-state index is 0.00860. The molecular formula is C17H19N5O3S. The Morgan fingerprint density at radius 3 is 2.73 bits per heavy atom. The molecule has 0 aromatic carbocycles. The van der Waals surface area contributed by atoms with Crippen molar-refractivity contribution in [3.8, 4) is 0 Å². The van der Waals surface area contributed by atoms with Crippen molar-refractivity contribution in [3.63, 3.8) is 0 Å². The Labute approximate surface area is 154 Å². The summed E-state index contributed by atoms with van der Waals surface area (Å²) in [5.41, 5.74) is 2.10. The first kappa shape index (κ1) is 18.0. The molecule has 3 aromatic rings. The number of amides is 1. The van der Waals surface area contributed by atoms with Crippen molar-refractivity contribution in [2.75, 3.05) is 11.9 Å². The zero-order valence-electron chi connectivity index (χ0n) is 15.0. The number of hydrogen-bond donors (Lipinski definition) is 1. The van der Waals surface area contributed by atoms with Crippen LogP contribution in [0.3, 0.4) is 0 Å². The first-order valence-electron chi connectivity index (χ1n) is 8.25. The molecule has 0 radical (unpaired) electrons. The molecule has 9 heteroatoms. The third-order valence-electron chi connectivity index (χ3n) is 3.90. The van der Waals surface area contributed by atoms with Gasteiger partial charge in [-0.05, 0) is 38.8 Å². The highest BCUT2D eigenvalue weighted by atomic mass is 32.1. The van der Waals surface area contributed by atoms with Crippen LogP contribution < -0.4 is 5.32 Å². The fourth-order valence-electron chi connectivity index (χ4n) is 2.67. The second-order valence-electron chi connectivity index (χ2n) is 5.60. The Balaban J connectivity index is 1.95. The molecule has 1 N–H and O–H groups in total. The summed E-state index contributed by atoms with van der Waals surface area (Å²) in [7, 11) is 0. The van der Waals surface area contributed by atoms with E-state index in [9.17, 15) is 9.59 Å². The molecule has 0 spiro atoms. The summed E-state index contributed by atoms with van der Waals surface area (Å²) in [5, 5.41) is 7.39. The highest BCUT2D eigenvalue weighted by Crippen LogP contribution is 2.34. The van der Waals surface area contributed by atoms with E-state index in [1.165, 1.54) is 15.9 Å². The molecule has 3 rings (SSSR count). The van der Waals surface area contributed by atoms with Gasteiger partial charge in [-0.25, -0.2) is 14.3 Å². The van der Waals surface area contributed by atoms with Crippen LogP contribution in [0.25, 0.3) is 5.78 Å². The van der Waals surface area contributed by atoms with Gasteiger partial charge in [-0.15, -0.1) is 16.4 Å². The Kier molecular flexibility index (Phi) is 4.99. The first-order valence-corrected chi connectivity index (χ1v) is 9.07. The Bertz CT molecular complexity index is 992. The summed E-state index contributed by atoms with van der Waals surface area (Å²) in [6.45, 7) is 7.74. The van der Waals surface area contributed by atoms with E-state index in [4.69, 9.17) is 4.74 Å². The standard InChI is InChI=1S/C17H19N5O3S/c1-5-11-10(4)26-15(12(11)16(24)25-6-2)20-14(23)13-19-17-18-8-7-9(3)22(17)21-13/h7-8H,5-6H2,1-4H3,(H,20,23). The van der Waals surface area contributed by atoms with E-state index in [1.54, 1.807) is 19.2 Å². The maximum Gasteiger partial charge on any atom is 0.341 e. The molecule has 3 aromatic heterocycles. The van der Waals surface area contributed by atoms with Crippen LogP contribution in [0.4, 0.5) is 5.00 Å². The van der Waals surface area contributed by atoms with Gasteiger partial charge in [0.15, 0.2) is 0 Å². The summed E-state index contributed by atoms with van der Waals surface area (Å²) in [5.74, 6) is -0.600. The number of rotatable bonds is 5. The van der Waals surface area contributed by atoms with Crippen molar-refractivity contribution >= 4 is 34.0 Å². The van der Waals surface area contributed by atoms with Gasteiger partial charge < -0.3 is 10.1 Å². The van der Waals surface area contributed by atoms with E-state index in [0.717, 1.165) is 16.1 Å². The van der Waals surface area contributed by atoms with Crippen molar-refractivity contribution < 1.29 is 14.3 Å². The molecule has 0 aliphatic heterocycles. The van der Waals surface area contributed by atoms with Crippen molar-refractivity contribution in [1.29, 1.82) is 0 Å². The lowest BCUT2D eigenvalue weighted by Gasteiger charge is -2.06. The fraction of sp³-hybridized carbons (Fsp3) is 0.353. The molecule has 0 atom stereocenters. The van der Waals surface area contributed by atoms with Crippen LogP contribution in [0.2, 0.25) is 0 Å². The van der Waals surface area contributed by atoms with Crippen LogP contribution in [0.1, 0.15) is 51.0 Å². The van der Waals surface area contributed by atoms with E-state index >= 15 is 0 Å². The summed E-state index contributed by atoms with van der Waals surface area (Å²) in [6, 6.07) is 1.78. The van der Waals surface area contributed by atoms with Crippen molar-refractivity contribution in [1.82, 2.24) is 19.6 Å². The molecule has 0 fully saturated rings. The van der Waals surface area contributed by atoms with Crippen LogP contribution in [0.15, 0.2) is 12.3 Å². The van der Waals surface area contributed by atoms with Gasteiger partial charge in [0.05, 0.1) is 12.2 Å². The monoisotopic (exact) mass is 373 g/mol. The maximum atomic E-state index is 12.6. The molecule has 1 amide bonds. The minimum atomic E-state index is -0.496. The first-order chi connectivity index (χ1) is 12.5. The van der Waals surface area contributed by atoms with Gasteiger partial charge in [0.25, 0.3) is 11.7 Å². The molecule has 3 heterocycles. The number of ether oxygens (including phenoxy) is 1. The lowest BCUT2D eigenvalue weighted by atomic mass is 10.1. The highest BCUT2D eigenvalue weighted by molar-refractivity contribution is 7.16. The number of fused-ring (bicyclic) bond motifs is 1.